The maximum absolute atomic E-state index is 4.87. The first-order valence-electron chi connectivity index (χ1n) is 7.37. The zero-order valence-electron chi connectivity index (χ0n) is 12.5. The molecule has 0 N–H and O–H groups in total. The van der Waals surface area contributed by atoms with Crippen LogP contribution in [0.1, 0.15) is 50.2 Å². The molecule has 0 radical (unpaired) electrons. The van der Waals surface area contributed by atoms with Crippen LogP contribution < -0.4 is 0 Å². The van der Waals surface area contributed by atoms with E-state index in [1.165, 1.54) is 25.1 Å². The molecule has 0 bridgehead atoms. The average molecular weight is 270 g/mol. The number of imidazole rings is 1. The van der Waals surface area contributed by atoms with E-state index in [4.69, 9.17) is 4.98 Å². The molecule has 1 atom stereocenters. The SMILES string of the molecule is CC(C)c1nccn1-c1cccc(C2CCCN2C)n1. The van der Waals surface area contributed by atoms with Crippen molar-refractivity contribution in [2.75, 3.05) is 13.6 Å². The van der Waals surface area contributed by atoms with Gasteiger partial charge in [0.2, 0.25) is 0 Å². The molecule has 2 aromatic rings. The molecule has 3 rings (SSSR count). The highest BCUT2D eigenvalue weighted by Crippen LogP contribution is 2.29. The Balaban J connectivity index is 1.97. The van der Waals surface area contributed by atoms with Crippen LogP contribution in [0.5, 0.6) is 0 Å². The van der Waals surface area contributed by atoms with Crippen LogP contribution in [0.2, 0.25) is 0 Å². The molecule has 20 heavy (non-hydrogen) atoms. The third kappa shape index (κ3) is 2.36. The minimum Gasteiger partial charge on any atom is -0.298 e. The smallest absolute Gasteiger partial charge is 0.138 e. The van der Waals surface area contributed by atoms with Crippen LogP contribution in [0.3, 0.4) is 0 Å². The number of likely N-dealkylation sites (tertiary alicyclic amines) is 1. The van der Waals surface area contributed by atoms with Crippen molar-refractivity contribution in [3.63, 3.8) is 0 Å². The molecule has 1 fully saturated rings. The van der Waals surface area contributed by atoms with E-state index in [-0.39, 0.29) is 0 Å². The zero-order valence-corrected chi connectivity index (χ0v) is 12.5. The standard InChI is InChI=1S/C16H22N4/c1-12(2)16-17-9-11-20(16)15-8-4-6-13(18-15)14-7-5-10-19(14)3/h4,6,8-9,11-12,14H,5,7,10H2,1-3H3. The maximum Gasteiger partial charge on any atom is 0.138 e. The molecule has 0 saturated carbocycles. The highest BCUT2D eigenvalue weighted by atomic mass is 15.2. The summed E-state index contributed by atoms with van der Waals surface area (Å²) in [6.45, 7) is 5.49. The fraction of sp³-hybridized carbons (Fsp3) is 0.500. The van der Waals surface area contributed by atoms with Crippen molar-refractivity contribution < 1.29 is 0 Å². The first-order valence-corrected chi connectivity index (χ1v) is 7.37. The third-order valence-electron chi connectivity index (χ3n) is 4.05. The number of hydrogen-bond donors (Lipinski definition) is 0. The number of aromatic nitrogens is 3. The van der Waals surface area contributed by atoms with Crippen LogP contribution >= 0.6 is 0 Å². The Kier molecular flexibility index (Phi) is 3.57. The lowest BCUT2D eigenvalue weighted by atomic mass is 10.1. The van der Waals surface area contributed by atoms with Crippen molar-refractivity contribution in [2.45, 2.75) is 38.6 Å². The van der Waals surface area contributed by atoms with Gasteiger partial charge >= 0.3 is 0 Å². The van der Waals surface area contributed by atoms with Crippen molar-refractivity contribution >= 4 is 0 Å². The van der Waals surface area contributed by atoms with Gasteiger partial charge in [-0.3, -0.25) is 9.47 Å². The molecule has 4 nitrogen and oxygen atoms in total. The quantitative estimate of drug-likeness (QED) is 0.859. The second-order valence-corrected chi connectivity index (χ2v) is 5.87. The van der Waals surface area contributed by atoms with E-state index >= 15 is 0 Å². The van der Waals surface area contributed by atoms with Gasteiger partial charge in [0.15, 0.2) is 0 Å². The number of rotatable bonds is 3. The summed E-state index contributed by atoms with van der Waals surface area (Å²) in [5.41, 5.74) is 1.17. The average Bonchev–Trinajstić information content (AvgIpc) is 3.07. The molecule has 3 heterocycles. The van der Waals surface area contributed by atoms with E-state index in [2.05, 4.69) is 53.5 Å². The van der Waals surface area contributed by atoms with Gasteiger partial charge in [0.1, 0.15) is 11.6 Å². The van der Waals surface area contributed by atoms with Crippen LogP contribution in [-0.2, 0) is 0 Å². The molecular weight excluding hydrogens is 248 g/mol. The van der Waals surface area contributed by atoms with Gasteiger partial charge in [-0.15, -0.1) is 0 Å². The molecule has 1 saturated heterocycles. The predicted molar refractivity (Wildman–Crippen MR) is 80.1 cm³/mol. The Morgan fingerprint density at radius 3 is 2.85 bits per heavy atom. The highest BCUT2D eigenvalue weighted by molar-refractivity contribution is 5.28. The lowest BCUT2D eigenvalue weighted by Gasteiger charge is -2.19. The summed E-state index contributed by atoms with van der Waals surface area (Å²) >= 11 is 0. The monoisotopic (exact) mass is 270 g/mol. The number of hydrogen-bond acceptors (Lipinski definition) is 3. The Morgan fingerprint density at radius 1 is 1.30 bits per heavy atom. The Morgan fingerprint density at radius 2 is 2.15 bits per heavy atom. The van der Waals surface area contributed by atoms with Crippen LogP contribution in [0.15, 0.2) is 30.6 Å². The van der Waals surface area contributed by atoms with Gasteiger partial charge < -0.3 is 0 Å². The van der Waals surface area contributed by atoms with Gasteiger partial charge in [-0.1, -0.05) is 19.9 Å². The zero-order chi connectivity index (χ0) is 14.1. The van der Waals surface area contributed by atoms with E-state index in [1.807, 2.05) is 12.4 Å². The van der Waals surface area contributed by atoms with E-state index in [9.17, 15) is 0 Å². The summed E-state index contributed by atoms with van der Waals surface area (Å²) in [5, 5.41) is 0. The molecule has 106 valence electrons. The van der Waals surface area contributed by atoms with Crippen LogP contribution in [0.25, 0.3) is 5.82 Å². The second-order valence-electron chi connectivity index (χ2n) is 5.87. The molecule has 0 aromatic carbocycles. The van der Waals surface area contributed by atoms with Crippen LogP contribution in [-0.4, -0.2) is 33.0 Å². The lowest BCUT2D eigenvalue weighted by Crippen LogP contribution is -2.19. The molecule has 0 amide bonds. The van der Waals surface area contributed by atoms with Crippen molar-refractivity contribution in [2.24, 2.45) is 0 Å². The van der Waals surface area contributed by atoms with Gasteiger partial charge in [-0.2, -0.15) is 0 Å². The topological polar surface area (TPSA) is 34.0 Å². The van der Waals surface area contributed by atoms with Gasteiger partial charge in [-0.05, 0) is 38.6 Å². The Hall–Kier alpha value is -1.68. The summed E-state index contributed by atoms with van der Waals surface area (Å²) in [6.07, 6.45) is 6.31. The Labute approximate surface area is 120 Å². The van der Waals surface area contributed by atoms with E-state index in [0.717, 1.165) is 11.6 Å². The molecular formula is C16H22N4. The normalized spacial score (nSPS) is 19.9. The summed E-state index contributed by atoms with van der Waals surface area (Å²) in [4.78, 5) is 11.7. The van der Waals surface area contributed by atoms with E-state index in [0.29, 0.717) is 12.0 Å². The number of nitrogens with zero attached hydrogens (tertiary/aromatic N) is 4. The van der Waals surface area contributed by atoms with Crippen LogP contribution in [0.4, 0.5) is 0 Å². The van der Waals surface area contributed by atoms with Gasteiger partial charge in [0.05, 0.1) is 11.7 Å². The molecule has 1 aliphatic heterocycles. The van der Waals surface area contributed by atoms with Crippen molar-refractivity contribution in [1.29, 1.82) is 0 Å². The summed E-state index contributed by atoms with van der Waals surface area (Å²) in [7, 11) is 2.18. The molecule has 2 aromatic heterocycles. The summed E-state index contributed by atoms with van der Waals surface area (Å²) in [5.74, 6) is 2.43. The Bertz CT molecular complexity index is 588. The van der Waals surface area contributed by atoms with Gasteiger partial charge in [0, 0.05) is 18.3 Å². The fourth-order valence-corrected chi connectivity index (χ4v) is 2.98. The number of pyridine rings is 1. The fourth-order valence-electron chi connectivity index (χ4n) is 2.98. The molecule has 1 unspecified atom stereocenters. The summed E-state index contributed by atoms with van der Waals surface area (Å²) < 4.78 is 2.10. The third-order valence-corrected chi connectivity index (χ3v) is 4.05. The minimum absolute atomic E-state index is 0.393. The second kappa shape index (κ2) is 5.37. The largest absolute Gasteiger partial charge is 0.298 e. The molecule has 1 aliphatic rings. The molecule has 4 heteroatoms. The van der Waals surface area contributed by atoms with Gasteiger partial charge in [-0.25, -0.2) is 9.97 Å². The maximum atomic E-state index is 4.87. The summed E-state index contributed by atoms with van der Waals surface area (Å²) in [6, 6.07) is 6.77. The van der Waals surface area contributed by atoms with Crippen molar-refractivity contribution in [3.8, 4) is 5.82 Å². The minimum atomic E-state index is 0.393. The lowest BCUT2D eigenvalue weighted by molar-refractivity contribution is 0.312. The van der Waals surface area contributed by atoms with Gasteiger partial charge in [0.25, 0.3) is 0 Å². The first-order chi connectivity index (χ1) is 9.66. The van der Waals surface area contributed by atoms with Crippen molar-refractivity contribution in [1.82, 2.24) is 19.4 Å². The molecule has 0 spiro atoms. The van der Waals surface area contributed by atoms with E-state index in [1.54, 1.807) is 0 Å². The van der Waals surface area contributed by atoms with Crippen LogP contribution in [0, 0.1) is 0 Å². The predicted octanol–water partition coefficient (Wildman–Crippen LogP) is 3.16. The first kappa shape index (κ1) is 13.3. The highest BCUT2D eigenvalue weighted by Gasteiger charge is 2.24. The van der Waals surface area contributed by atoms with E-state index < -0.39 is 0 Å². The molecule has 0 aliphatic carbocycles. The van der Waals surface area contributed by atoms with Crippen molar-refractivity contribution in [3.05, 3.63) is 42.1 Å².